The summed E-state index contributed by atoms with van der Waals surface area (Å²) >= 11 is 0. The van der Waals surface area contributed by atoms with Crippen LogP contribution in [0.2, 0.25) is 0 Å². The Hall–Kier alpha value is -1.87. The number of ether oxygens (including phenoxy) is 1. The van der Waals surface area contributed by atoms with Crippen LogP contribution in [0.3, 0.4) is 0 Å². The van der Waals surface area contributed by atoms with E-state index in [0.717, 1.165) is 16.7 Å². The maximum Gasteiger partial charge on any atom is 0.127 e. The van der Waals surface area contributed by atoms with E-state index in [2.05, 4.69) is 0 Å². The topological polar surface area (TPSA) is 29.5 Å². The summed E-state index contributed by atoms with van der Waals surface area (Å²) in [6.07, 6.45) is -0.433. The van der Waals surface area contributed by atoms with Crippen LogP contribution >= 0.6 is 0 Å². The standard InChI is InChI=1S/C16H15FO2/c1-10-5-6-15-13(7-10)14(18)9-16(19-15)11-3-2-4-12(17)8-11/h2-8,14,16,18H,9H2,1H3. The molecule has 0 saturated carbocycles. The lowest BCUT2D eigenvalue weighted by Crippen LogP contribution is -2.19. The molecular formula is C16H15FO2. The fourth-order valence-corrected chi connectivity index (χ4v) is 2.48. The van der Waals surface area contributed by atoms with Crippen molar-refractivity contribution in [1.29, 1.82) is 0 Å². The molecule has 19 heavy (non-hydrogen) atoms. The first-order valence-electron chi connectivity index (χ1n) is 6.34. The van der Waals surface area contributed by atoms with Crippen molar-refractivity contribution in [2.24, 2.45) is 0 Å². The molecule has 0 spiro atoms. The zero-order valence-electron chi connectivity index (χ0n) is 10.6. The Balaban J connectivity index is 1.95. The van der Waals surface area contributed by atoms with Gasteiger partial charge in [-0.25, -0.2) is 4.39 Å². The molecule has 2 aromatic rings. The zero-order chi connectivity index (χ0) is 13.4. The minimum absolute atomic E-state index is 0.287. The molecule has 0 radical (unpaired) electrons. The molecular weight excluding hydrogens is 243 g/mol. The lowest BCUT2D eigenvalue weighted by atomic mass is 9.94. The van der Waals surface area contributed by atoms with Gasteiger partial charge in [0.05, 0.1) is 6.10 Å². The summed E-state index contributed by atoms with van der Waals surface area (Å²) in [5, 5.41) is 10.2. The molecule has 0 fully saturated rings. The number of halogens is 1. The Morgan fingerprint density at radius 2 is 2.05 bits per heavy atom. The molecule has 1 N–H and O–H groups in total. The summed E-state index contributed by atoms with van der Waals surface area (Å²) < 4.78 is 19.1. The van der Waals surface area contributed by atoms with E-state index in [1.807, 2.05) is 31.2 Å². The molecule has 0 bridgehead atoms. The molecule has 98 valence electrons. The summed E-state index contributed by atoms with van der Waals surface area (Å²) in [6.45, 7) is 1.98. The second-order valence-electron chi connectivity index (χ2n) is 4.95. The summed E-state index contributed by atoms with van der Waals surface area (Å²) in [5.74, 6) is 0.393. The van der Waals surface area contributed by atoms with Gasteiger partial charge in [0.15, 0.2) is 0 Å². The lowest BCUT2D eigenvalue weighted by Gasteiger charge is -2.30. The van der Waals surface area contributed by atoms with Crippen molar-refractivity contribution >= 4 is 0 Å². The van der Waals surface area contributed by atoms with E-state index in [1.54, 1.807) is 6.07 Å². The van der Waals surface area contributed by atoms with E-state index in [4.69, 9.17) is 4.74 Å². The largest absolute Gasteiger partial charge is 0.485 e. The highest BCUT2D eigenvalue weighted by Crippen LogP contribution is 2.41. The molecule has 3 heteroatoms. The van der Waals surface area contributed by atoms with Crippen LogP contribution in [0, 0.1) is 12.7 Å². The predicted octanol–water partition coefficient (Wildman–Crippen LogP) is 3.69. The van der Waals surface area contributed by atoms with Gasteiger partial charge in [-0.3, -0.25) is 0 Å². The molecule has 0 amide bonds. The van der Waals surface area contributed by atoms with E-state index < -0.39 is 6.10 Å². The Morgan fingerprint density at radius 1 is 1.21 bits per heavy atom. The Bertz CT molecular complexity index is 609. The van der Waals surface area contributed by atoms with Crippen molar-refractivity contribution < 1.29 is 14.2 Å². The highest BCUT2D eigenvalue weighted by atomic mass is 19.1. The van der Waals surface area contributed by atoms with Crippen LogP contribution in [-0.2, 0) is 0 Å². The van der Waals surface area contributed by atoms with Gasteiger partial charge in [0.2, 0.25) is 0 Å². The van der Waals surface area contributed by atoms with Crippen LogP contribution in [0.25, 0.3) is 0 Å². The number of benzene rings is 2. The molecule has 1 aliphatic rings. The third-order valence-corrected chi connectivity index (χ3v) is 3.45. The summed E-state index contributed by atoms with van der Waals surface area (Å²) in [7, 11) is 0. The van der Waals surface area contributed by atoms with E-state index in [0.29, 0.717) is 12.2 Å². The maximum atomic E-state index is 13.3. The number of aliphatic hydroxyl groups is 1. The van der Waals surface area contributed by atoms with Gasteiger partial charge in [0.25, 0.3) is 0 Å². The molecule has 1 heterocycles. The SMILES string of the molecule is Cc1ccc2c(c1)C(O)CC(c1cccc(F)c1)O2. The van der Waals surface area contributed by atoms with Gasteiger partial charge < -0.3 is 9.84 Å². The van der Waals surface area contributed by atoms with Crippen LogP contribution in [0.15, 0.2) is 42.5 Å². The summed E-state index contributed by atoms with van der Waals surface area (Å²) in [5.41, 5.74) is 2.66. The number of aryl methyl sites for hydroxylation is 1. The summed E-state index contributed by atoms with van der Waals surface area (Å²) in [6, 6.07) is 12.1. The summed E-state index contributed by atoms with van der Waals surface area (Å²) in [4.78, 5) is 0. The molecule has 0 aromatic heterocycles. The van der Waals surface area contributed by atoms with Crippen molar-refractivity contribution in [2.75, 3.05) is 0 Å². The van der Waals surface area contributed by atoms with Crippen molar-refractivity contribution in [1.82, 2.24) is 0 Å². The molecule has 2 nitrogen and oxygen atoms in total. The number of hydrogen-bond donors (Lipinski definition) is 1. The molecule has 0 saturated heterocycles. The van der Waals surface area contributed by atoms with E-state index in [1.165, 1.54) is 12.1 Å². The van der Waals surface area contributed by atoms with Crippen LogP contribution in [0.5, 0.6) is 5.75 Å². The number of hydrogen-bond acceptors (Lipinski definition) is 2. The van der Waals surface area contributed by atoms with Crippen molar-refractivity contribution in [3.63, 3.8) is 0 Å². The second-order valence-corrected chi connectivity index (χ2v) is 4.95. The molecule has 2 unspecified atom stereocenters. The second kappa shape index (κ2) is 4.67. The molecule has 2 aromatic carbocycles. The Labute approximate surface area is 111 Å². The third kappa shape index (κ3) is 2.34. The predicted molar refractivity (Wildman–Crippen MR) is 70.5 cm³/mol. The number of fused-ring (bicyclic) bond motifs is 1. The highest BCUT2D eigenvalue weighted by Gasteiger charge is 2.28. The lowest BCUT2D eigenvalue weighted by molar-refractivity contribution is 0.0655. The number of rotatable bonds is 1. The van der Waals surface area contributed by atoms with Gasteiger partial charge in [-0.05, 0) is 36.8 Å². The number of aliphatic hydroxyl groups excluding tert-OH is 1. The first kappa shape index (κ1) is 12.2. The average Bonchev–Trinajstić information content (AvgIpc) is 2.39. The molecule has 0 aliphatic carbocycles. The van der Waals surface area contributed by atoms with E-state index in [-0.39, 0.29) is 11.9 Å². The average molecular weight is 258 g/mol. The Morgan fingerprint density at radius 3 is 2.84 bits per heavy atom. The first-order valence-corrected chi connectivity index (χ1v) is 6.34. The highest BCUT2D eigenvalue weighted by molar-refractivity contribution is 5.41. The van der Waals surface area contributed by atoms with Crippen molar-refractivity contribution in [3.05, 3.63) is 65.0 Å². The third-order valence-electron chi connectivity index (χ3n) is 3.45. The smallest absolute Gasteiger partial charge is 0.127 e. The van der Waals surface area contributed by atoms with Gasteiger partial charge in [0.1, 0.15) is 17.7 Å². The van der Waals surface area contributed by atoms with Gasteiger partial charge in [0, 0.05) is 12.0 Å². The van der Waals surface area contributed by atoms with Crippen molar-refractivity contribution in [2.45, 2.75) is 25.6 Å². The molecule has 2 atom stereocenters. The monoisotopic (exact) mass is 258 g/mol. The van der Waals surface area contributed by atoms with Crippen LogP contribution in [0.4, 0.5) is 4.39 Å². The zero-order valence-corrected chi connectivity index (χ0v) is 10.6. The van der Waals surface area contributed by atoms with Gasteiger partial charge >= 0.3 is 0 Å². The van der Waals surface area contributed by atoms with E-state index >= 15 is 0 Å². The quantitative estimate of drug-likeness (QED) is 0.845. The molecule has 3 rings (SSSR count). The van der Waals surface area contributed by atoms with Gasteiger partial charge in [-0.15, -0.1) is 0 Å². The first-order chi connectivity index (χ1) is 9.13. The van der Waals surface area contributed by atoms with Crippen LogP contribution < -0.4 is 4.74 Å². The van der Waals surface area contributed by atoms with Crippen molar-refractivity contribution in [3.8, 4) is 5.75 Å². The fraction of sp³-hybridized carbons (Fsp3) is 0.250. The van der Waals surface area contributed by atoms with Crippen LogP contribution in [-0.4, -0.2) is 5.11 Å². The normalized spacial score (nSPS) is 21.6. The van der Waals surface area contributed by atoms with Gasteiger partial charge in [-0.2, -0.15) is 0 Å². The van der Waals surface area contributed by atoms with E-state index in [9.17, 15) is 9.50 Å². The minimum atomic E-state index is -0.572. The fourth-order valence-electron chi connectivity index (χ4n) is 2.48. The Kier molecular flexibility index (Phi) is 2.99. The van der Waals surface area contributed by atoms with Crippen LogP contribution in [0.1, 0.15) is 35.3 Å². The maximum absolute atomic E-state index is 13.3. The minimum Gasteiger partial charge on any atom is -0.485 e. The van der Waals surface area contributed by atoms with Gasteiger partial charge in [-0.1, -0.05) is 23.8 Å². The molecule has 1 aliphatic heterocycles.